The maximum absolute atomic E-state index is 2.88. The molecule has 0 aromatic heterocycles. The van der Waals surface area contributed by atoms with Crippen molar-refractivity contribution in [3.63, 3.8) is 0 Å². The summed E-state index contributed by atoms with van der Waals surface area (Å²) in [5, 5.41) is 0. The van der Waals surface area contributed by atoms with Crippen LogP contribution in [0.15, 0.2) is 0 Å². The van der Waals surface area contributed by atoms with Crippen molar-refractivity contribution in [2.45, 2.75) is 96.2 Å². The van der Waals surface area contributed by atoms with Crippen LogP contribution in [0.2, 0.25) is 0 Å². The molecule has 3 atom stereocenters. The molecule has 0 spiro atoms. The minimum absolute atomic E-state index is 0.873. The summed E-state index contributed by atoms with van der Waals surface area (Å²) in [5.74, 6) is 0. The summed E-state index contributed by atoms with van der Waals surface area (Å²) >= 11 is 0. The highest BCUT2D eigenvalue weighted by molar-refractivity contribution is 4.93. The highest BCUT2D eigenvalue weighted by Gasteiger charge is 2.37. The van der Waals surface area contributed by atoms with Crippen LogP contribution in [0.3, 0.4) is 0 Å². The van der Waals surface area contributed by atoms with Gasteiger partial charge in [-0.1, -0.05) is 39.0 Å². The number of unbranched alkanes of at least 4 members (excludes halogenated alkanes) is 3. The summed E-state index contributed by atoms with van der Waals surface area (Å²) in [4.78, 5) is 2.88. The molecule has 94 valence electrons. The van der Waals surface area contributed by atoms with Gasteiger partial charge in [-0.2, -0.15) is 0 Å². The molecule has 0 aliphatic carbocycles. The summed E-state index contributed by atoms with van der Waals surface area (Å²) in [6.45, 7) is 4.76. The molecule has 0 N–H and O–H groups in total. The quantitative estimate of drug-likeness (QED) is 0.626. The van der Waals surface area contributed by atoms with Crippen LogP contribution < -0.4 is 0 Å². The van der Waals surface area contributed by atoms with Crippen molar-refractivity contribution < 1.29 is 0 Å². The van der Waals surface area contributed by atoms with Gasteiger partial charge in [0, 0.05) is 18.1 Å². The molecule has 0 bridgehead atoms. The van der Waals surface area contributed by atoms with Gasteiger partial charge in [-0.05, 0) is 39.0 Å². The monoisotopic (exact) mass is 223 g/mol. The van der Waals surface area contributed by atoms with E-state index in [2.05, 4.69) is 18.7 Å². The standard InChI is InChI=1S/C15H29N/c1-3-4-5-6-9-14-11-12-15-10-7-8-13(2)16(14)15/h13-15H,3-12H2,1-2H3/t13-,14-,15-/m1/s1. The molecule has 1 heteroatoms. The van der Waals surface area contributed by atoms with Gasteiger partial charge in [0.25, 0.3) is 0 Å². The summed E-state index contributed by atoms with van der Waals surface area (Å²) in [7, 11) is 0. The fourth-order valence-corrected chi connectivity index (χ4v) is 3.89. The van der Waals surface area contributed by atoms with Crippen molar-refractivity contribution in [3.8, 4) is 0 Å². The van der Waals surface area contributed by atoms with Crippen LogP contribution in [0, 0.1) is 0 Å². The van der Waals surface area contributed by atoms with Crippen molar-refractivity contribution in [2.24, 2.45) is 0 Å². The molecule has 2 aliphatic heterocycles. The molecule has 0 unspecified atom stereocenters. The first-order chi connectivity index (χ1) is 7.83. The molecule has 0 aromatic carbocycles. The Morgan fingerprint density at radius 1 is 1.00 bits per heavy atom. The van der Waals surface area contributed by atoms with E-state index in [1.807, 2.05) is 0 Å². The predicted octanol–water partition coefficient (Wildman–Crippen LogP) is 4.36. The van der Waals surface area contributed by atoms with Gasteiger partial charge in [-0.25, -0.2) is 0 Å². The Kier molecular flexibility index (Phi) is 4.69. The molecule has 2 heterocycles. The number of hydrogen-bond donors (Lipinski definition) is 0. The van der Waals surface area contributed by atoms with E-state index in [9.17, 15) is 0 Å². The third-order valence-corrected chi connectivity index (χ3v) is 4.74. The average Bonchev–Trinajstić information content (AvgIpc) is 2.69. The van der Waals surface area contributed by atoms with Gasteiger partial charge >= 0.3 is 0 Å². The molecule has 0 radical (unpaired) electrons. The number of piperidine rings is 1. The zero-order valence-corrected chi connectivity index (χ0v) is 11.3. The van der Waals surface area contributed by atoms with Gasteiger partial charge in [0.05, 0.1) is 0 Å². The second kappa shape index (κ2) is 6.05. The number of nitrogens with zero attached hydrogens (tertiary/aromatic N) is 1. The van der Waals surface area contributed by atoms with Gasteiger partial charge in [-0.15, -0.1) is 0 Å². The van der Waals surface area contributed by atoms with E-state index in [0.29, 0.717) is 0 Å². The molecule has 2 rings (SSSR count). The minimum atomic E-state index is 0.873. The van der Waals surface area contributed by atoms with Crippen LogP contribution in [-0.2, 0) is 0 Å². The van der Waals surface area contributed by atoms with E-state index in [-0.39, 0.29) is 0 Å². The SMILES string of the molecule is CCCCCC[C@@H]1CC[C@H]2CCC[C@@H](C)N12. The van der Waals surface area contributed by atoms with E-state index in [1.165, 1.54) is 64.2 Å². The summed E-state index contributed by atoms with van der Waals surface area (Å²) < 4.78 is 0. The molecule has 0 aromatic rings. The van der Waals surface area contributed by atoms with E-state index in [1.54, 1.807) is 0 Å². The zero-order valence-electron chi connectivity index (χ0n) is 11.3. The molecule has 2 saturated heterocycles. The number of fused-ring (bicyclic) bond motifs is 1. The van der Waals surface area contributed by atoms with Gasteiger partial charge in [0.15, 0.2) is 0 Å². The Labute approximate surface area is 102 Å². The Balaban J connectivity index is 1.77. The van der Waals surface area contributed by atoms with Gasteiger partial charge < -0.3 is 0 Å². The van der Waals surface area contributed by atoms with Gasteiger partial charge in [0.1, 0.15) is 0 Å². The van der Waals surface area contributed by atoms with Crippen molar-refractivity contribution >= 4 is 0 Å². The third-order valence-electron chi connectivity index (χ3n) is 4.74. The Hall–Kier alpha value is -0.0400. The lowest BCUT2D eigenvalue weighted by Gasteiger charge is -2.39. The molecule has 16 heavy (non-hydrogen) atoms. The van der Waals surface area contributed by atoms with Crippen molar-refractivity contribution in [3.05, 3.63) is 0 Å². The Bertz CT molecular complexity index is 202. The van der Waals surface area contributed by atoms with E-state index in [0.717, 1.165) is 18.1 Å². The fraction of sp³-hybridized carbons (Fsp3) is 1.00. The first-order valence-electron chi connectivity index (χ1n) is 7.60. The van der Waals surface area contributed by atoms with E-state index < -0.39 is 0 Å². The van der Waals surface area contributed by atoms with Crippen LogP contribution in [0.25, 0.3) is 0 Å². The van der Waals surface area contributed by atoms with Gasteiger partial charge in [0.2, 0.25) is 0 Å². The van der Waals surface area contributed by atoms with E-state index >= 15 is 0 Å². The fourth-order valence-electron chi connectivity index (χ4n) is 3.89. The smallest absolute Gasteiger partial charge is 0.0102 e. The minimum Gasteiger partial charge on any atom is -0.295 e. The second-order valence-corrected chi connectivity index (χ2v) is 5.96. The maximum Gasteiger partial charge on any atom is 0.0102 e. The van der Waals surface area contributed by atoms with Crippen LogP contribution in [0.5, 0.6) is 0 Å². The van der Waals surface area contributed by atoms with Crippen LogP contribution >= 0.6 is 0 Å². The lowest BCUT2D eigenvalue weighted by Crippen LogP contribution is -2.45. The number of hydrogen-bond acceptors (Lipinski definition) is 1. The van der Waals surface area contributed by atoms with E-state index in [4.69, 9.17) is 0 Å². The Morgan fingerprint density at radius 2 is 1.88 bits per heavy atom. The molecular formula is C15H29N. The van der Waals surface area contributed by atoms with Crippen LogP contribution in [-0.4, -0.2) is 23.0 Å². The second-order valence-electron chi connectivity index (χ2n) is 5.96. The highest BCUT2D eigenvalue weighted by Crippen LogP contribution is 2.36. The summed E-state index contributed by atoms with van der Waals surface area (Å²) in [6.07, 6.45) is 14.6. The molecule has 2 aliphatic rings. The number of rotatable bonds is 5. The summed E-state index contributed by atoms with van der Waals surface area (Å²) in [5.41, 5.74) is 0. The summed E-state index contributed by atoms with van der Waals surface area (Å²) in [6, 6.07) is 2.77. The predicted molar refractivity (Wildman–Crippen MR) is 70.7 cm³/mol. The van der Waals surface area contributed by atoms with Crippen LogP contribution in [0.4, 0.5) is 0 Å². The van der Waals surface area contributed by atoms with Crippen LogP contribution in [0.1, 0.15) is 78.1 Å². The molecule has 0 amide bonds. The first kappa shape index (κ1) is 12.4. The molecule has 2 fully saturated rings. The lowest BCUT2D eigenvalue weighted by atomic mass is 9.97. The lowest BCUT2D eigenvalue weighted by molar-refractivity contribution is 0.0872. The largest absolute Gasteiger partial charge is 0.295 e. The third kappa shape index (κ3) is 2.80. The molecule has 0 saturated carbocycles. The topological polar surface area (TPSA) is 3.24 Å². The molecule has 1 nitrogen and oxygen atoms in total. The zero-order chi connectivity index (χ0) is 11.4. The normalized spacial score (nSPS) is 35.2. The Morgan fingerprint density at radius 3 is 2.69 bits per heavy atom. The van der Waals surface area contributed by atoms with Crippen molar-refractivity contribution in [2.75, 3.05) is 0 Å². The average molecular weight is 223 g/mol. The van der Waals surface area contributed by atoms with Gasteiger partial charge in [-0.3, -0.25) is 4.90 Å². The van der Waals surface area contributed by atoms with Crippen molar-refractivity contribution in [1.82, 2.24) is 4.90 Å². The maximum atomic E-state index is 2.88. The van der Waals surface area contributed by atoms with Crippen molar-refractivity contribution in [1.29, 1.82) is 0 Å². The first-order valence-corrected chi connectivity index (χ1v) is 7.60. The highest BCUT2D eigenvalue weighted by atomic mass is 15.2. The molecular weight excluding hydrogens is 194 g/mol.